The van der Waals surface area contributed by atoms with Gasteiger partial charge in [-0.2, -0.15) is 5.10 Å². The molecule has 6 heteroatoms. The van der Waals surface area contributed by atoms with E-state index in [2.05, 4.69) is 5.10 Å². The maximum atomic E-state index is 13.7. The average Bonchev–Trinajstić information content (AvgIpc) is 2.30. The quantitative estimate of drug-likeness (QED) is 0.871. The molecule has 1 aromatic heterocycles. The Bertz CT molecular complexity index is 679. The van der Waals surface area contributed by atoms with Gasteiger partial charge in [-0.15, -0.1) is 0 Å². The molecule has 1 N–H and O–H groups in total. The number of carboxylic acid groups (broad SMARTS) is 1. The maximum absolute atomic E-state index is 13.7. The molecule has 1 heterocycles. The fourth-order valence-electron chi connectivity index (χ4n) is 1.49. The van der Waals surface area contributed by atoms with Crippen molar-refractivity contribution >= 4 is 5.97 Å². The molecule has 92 valence electrons. The standard InChI is InChI=1S/C12H9FN2O3/c1-7-2-3-9(8(13)6-7)15-5-4-10(16)11(14-15)12(17)18/h2-6H,1H3,(H,17,18). The molecule has 0 atom stereocenters. The summed E-state index contributed by atoms with van der Waals surface area (Å²) in [6.07, 6.45) is 1.22. The third-order valence-electron chi connectivity index (χ3n) is 2.36. The summed E-state index contributed by atoms with van der Waals surface area (Å²) in [7, 11) is 0. The number of hydrogen-bond acceptors (Lipinski definition) is 3. The fraction of sp³-hybridized carbons (Fsp3) is 0.0833. The van der Waals surface area contributed by atoms with E-state index in [0.29, 0.717) is 0 Å². The van der Waals surface area contributed by atoms with Gasteiger partial charge in [-0.25, -0.2) is 13.9 Å². The van der Waals surface area contributed by atoms with Gasteiger partial charge in [-0.1, -0.05) is 6.07 Å². The first-order valence-electron chi connectivity index (χ1n) is 5.09. The van der Waals surface area contributed by atoms with Gasteiger partial charge >= 0.3 is 5.97 Å². The number of carboxylic acids is 1. The number of rotatable bonds is 2. The summed E-state index contributed by atoms with van der Waals surface area (Å²) in [5.41, 5.74) is -0.539. The van der Waals surface area contributed by atoms with Crippen molar-refractivity contribution < 1.29 is 14.3 Å². The topological polar surface area (TPSA) is 72.2 Å². The molecule has 0 bridgehead atoms. The number of aryl methyl sites for hydroxylation is 1. The van der Waals surface area contributed by atoms with Crippen LogP contribution in [0.25, 0.3) is 5.69 Å². The lowest BCUT2D eigenvalue weighted by atomic mass is 10.2. The summed E-state index contributed by atoms with van der Waals surface area (Å²) in [6, 6.07) is 5.47. The minimum atomic E-state index is -1.44. The zero-order valence-electron chi connectivity index (χ0n) is 9.42. The molecule has 0 amide bonds. The van der Waals surface area contributed by atoms with E-state index < -0.39 is 22.9 Å². The van der Waals surface area contributed by atoms with E-state index in [1.165, 1.54) is 18.3 Å². The Kier molecular flexibility index (Phi) is 2.93. The van der Waals surface area contributed by atoms with E-state index in [1.807, 2.05) is 0 Å². The molecule has 0 saturated carbocycles. The van der Waals surface area contributed by atoms with E-state index in [9.17, 15) is 14.0 Å². The lowest BCUT2D eigenvalue weighted by molar-refractivity contribution is 0.0686. The van der Waals surface area contributed by atoms with E-state index in [-0.39, 0.29) is 5.69 Å². The Balaban J connectivity index is 2.61. The van der Waals surface area contributed by atoms with E-state index in [4.69, 9.17) is 5.11 Å². The van der Waals surface area contributed by atoms with Crippen molar-refractivity contribution in [1.29, 1.82) is 0 Å². The molecule has 0 saturated heterocycles. The minimum absolute atomic E-state index is 0.0862. The van der Waals surface area contributed by atoms with Crippen molar-refractivity contribution in [2.75, 3.05) is 0 Å². The van der Waals surface area contributed by atoms with Gasteiger partial charge in [0.15, 0.2) is 0 Å². The summed E-state index contributed by atoms with van der Waals surface area (Å²) in [5.74, 6) is -1.98. The van der Waals surface area contributed by atoms with E-state index in [0.717, 1.165) is 16.3 Å². The van der Waals surface area contributed by atoms with Gasteiger partial charge in [-0.05, 0) is 24.6 Å². The van der Waals surface area contributed by atoms with Crippen LogP contribution in [0.5, 0.6) is 0 Å². The Morgan fingerprint density at radius 1 is 1.39 bits per heavy atom. The molecule has 0 fully saturated rings. The molecule has 1 aromatic carbocycles. The number of aromatic nitrogens is 2. The third kappa shape index (κ3) is 2.13. The van der Waals surface area contributed by atoms with Gasteiger partial charge in [0.2, 0.25) is 11.1 Å². The van der Waals surface area contributed by atoms with Gasteiger partial charge in [0.25, 0.3) is 0 Å². The number of aromatic carboxylic acids is 1. The maximum Gasteiger partial charge on any atom is 0.360 e. The highest BCUT2D eigenvalue weighted by atomic mass is 19.1. The normalized spacial score (nSPS) is 10.3. The summed E-state index contributed by atoms with van der Waals surface area (Å²) >= 11 is 0. The highest BCUT2D eigenvalue weighted by molar-refractivity contribution is 5.84. The Morgan fingerprint density at radius 3 is 2.72 bits per heavy atom. The Labute approximate surface area is 101 Å². The summed E-state index contributed by atoms with van der Waals surface area (Å²) in [5, 5.41) is 12.4. The van der Waals surface area contributed by atoms with E-state index >= 15 is 0 Å². The van der Waals surface area contributed by atoms with Crippen LogP contribution in [-0.4, -0.2) is 20.9 Å². The third-order valence-corrected chi connectivity index (χ3v) is 2.36. The second kappa shape index (κ2) is 4.40. The van der Waals surface area contributed by atoms with Crippen molar-refractivity contribution in [1.82, 2.24) is 9.78 Å². The van der Waals surface area contributed by atoms with Crippen molar-refractivity contribution in [2.45, 2.75) is 6.92 Å². The molecule has 0 spiro atoms. The van der Waals surface area contributed by atoms with Gasteiger partial charge < -0.3 is 5.11 Å². The first kappa shape index (κ1) is 12.0. The molecule has 2 aromatic rings. The molecular weight excluding hydrogens is 239 g/mol. The lowest BCUT2D eigenvalue weighted by Crippen LogP contribution is -2.20. The van der Waals surface area contributed by atoms with Crippen LogP contribution in [0.4, 0.5) is 4.39 Å². The number of hydrogen-bond donors (Lipinski definition) is 1. The van der Waals surface area contributed by atoms with Crippen molar-refractivity contribution in [3.8, 4) is 5.69 Å². The molecule has 5 nitrogen and oxygen atoms in total. The number of nitrogens with zero attached hydrogens (tertiary/aromatic N) is 2. The molecule has 2 rings (SSSR count). The second-order valence-corrected chi connectivity index (χ2v) is 3.73. The molecule has 18 heavy (non-hydrogen) atoms. The lowest BCUT2D eigenvalue weighted by Gasteiger charge is -2.07. The first-order chi connectivity index (χ1) is 8.49. The van der Waals surface area contributed by atoms with Crippen molar-refractivity contribution in [2.24, 2.45) is 0 Å². The van der Waals surface area contributed by atoms with Crippen LogP contribution in [0.15, 0.2) is 35.3 Å². The predicted molar refractivity (Wildman–Crippen MR) is 61.5 cm³/mol. The second-order valence-electron chi connectivity index (χ2n) is 3.73. The van der Waals surface area contributed by atoms with Crippen molar-refractivity contribution in [3.05, 3.63) is 57.8 Å². The zero-order valence-corrected chi connectivity index (χ0v) is 9.42. The van der Waals surface area contributed by atoms with Crippen LogP contribution in [0.1, 0.15) is 16.1 Å². The van der Waals surface area contributed by atoms with Gasteiger partial charge in [0, 0.05) is 12.3 Å². The van der Waals surface area contributed by atoms with Crippen molar-refractivity contribution in [3.63, 3.8) is 0 Å². The number of halogens is 1. The molecular formula is C12H9FN2O3. The van der Waals surface area contributed by atoms with Crippen LogP contribution >= 0.6 is 0 Å². The number of carbonyl (C=O) groups is 1. The Hall–Kier alpha value is -2.50. The fourth-order valence-corrected chi connectivity index (χ4v) is 1.49. The molecule has 0 aliphatic rings. The summed E-state index contributed by atoms with van der Waals surface area (Å²) in [4.78, 5) is 22.0. The number of benzene rings is 1. The summed E-state index contributed by atoms with van der Waals surface area (Å²) in [6.45, 7) is 1.73. The average molecular weight is 248 g/mol. The van der Waals surface area contributed by atoms with Gasteiger partial charge in [0.1, 0.15) is 11.5 Å². The van der Waals surface area contributed by atoms with Gasteiger partial charge in [0.05, 0.1) is 0 Å². The predicted octanol–water partition coefficient (Wildman–Crippen LogP) is 1.38. The van der Waals surface area contributed by atoms with Gasteiger partial charge in [-0.3, -0.25) is 4.79 Å². The highest BCUT2D eigenvalue weighted by Crippen LogP contribution is 2.13. The van der Waals surface area contributed by atoms with E-state index in [1.54, 1.807) is 13.0 Å². The first-order valence-corrected chi connectivity index (χ1v) is 5.09. The smallest absolute Gasteiger partial charge is 0.360 e. The molecule has 0 aliphatic heterocycles. The Morgan fingerprint density at radius 2 is 2.11 bits per heavy atom. The monoisotopic (exact) mass is 248 g/mol. The zero-order chi connectivity index (χ0) is 13.3. The minimum Gasteiger partial charge on any atom is -0.476 e. The van der Waals surface area contributed by atoms with Crippen LogP contribution < -0.4 is 5.43 Å². The van der Waals surface area contributed by atoms with Crippen LogP contribution in [-0.2, 0) is 0 Å². The largest absolute Gasteiger partial charge is 0.476 e. The molecule has 0 aliphatic carbocycles. The summed E-state index contributed by atoms with van der Waals surface area (Å²) < 4.78 is 14.7. The SMILES string of the molecule is Cc1ccc(-n2ccc(=O)c(C(=O)O)n2)c(F)c1. The molecule has 0 unspecified atom stereocenters. The van der Waals surface area contributed by atoms with Crippen LogP contribution in [0, 0.1) is 12.7 Å². The highest BCUT2D eigenvalue weighted by Gasteiger charge is 2.12. The molecule has 0 radical (unpaired) electrons. The van der Waals surface area contributed by atoms with Crippen LogP contribution in [0.3, 0.4) is 0 Å². The van der Waals surface area contributed by atoms with Crippen LogP contribution in [0.2, 0.25) is 0 Å².